The zero-order chi connectivity index (χ0) is 18.8. The number of nitrogens with one attached hydrogen (secondary N) is 2. The van der Waals surface area contributed by atoms with E-state index < -0.39 is 5.97 Å². The molecule has 0 aliphatic heterocycles. The van der Waals surface area contributed by atoms with Crippen LogP contribution in [0.4, 0.5) is 5.69 Å². The molecule has 0 aliphatic carbocycles. The third kappa shape index (κ3) is 6.76. The van der Waals surface area contributed by atoms with E-state index in [1.807, 2.05) is 18.2 Å². The van der Waals surface area contributed by atoms with Crippen LogP contribution in [0, 0.1) is 0 Å². The summed E-state index contributed by atoms with van der Waals surface area (Å²) in [5.41, 5.74) is 1.95. The van der Waals surface area contributed by atoms with Crippen LogP contribution in [0.15, 0.2) is 54.6 Å². The molecule has 0 spiro atoms. The summed E-state index contributed by atoms with van der Waals surface area (Å²) in [6.45, 7) is 0.519. The van der Waals surface area contributed by atoms with Crippen LogP contribution < -0.4 is 10.6 Å². The van der Waals surface area contributed by atoms with Gasteiger partial charge in [0.05, 0.1) is 6.42 Å². The zero-order valence-electron chi connectivity index (χ0n) is 14.4. The molecule has 0 radical (unpaired) electrons. The van der Waals surface area contributed by atoms with Crippen molar-refractivity contribution in [2.24, 2.45) is 0 Å². The highest BCUT2D eigenvalue weighted by Gasteiger charge is 2.06. The van der Waals surface area contributed by atoms with Crippen molar-refractivity contribution in [3.8, 4) is 0 Å². The smallest absolute Gasteiger partial charge is 0.307 e. The van der Waals surface area contributed by atoms with E-state index in [9.17, 15) is 14.4 Å². The maximum absolute atomic E-state index is 11.9. The SMILES string of the molecule is O=C(O)Cc1ccc(NC(=O)CCCCNC(=O)c2ccccc2)cc1. The van der Waals surface area contributed by atoms with E-state index in [0.29, 0.717) is 42.6 Å². The highest BCUT2D eigenvalue weighted by molar-refractivity contribution is 5.94. The first-order chi connectivity index (χ1) is 12.5. The first kappa shape index (κ1) is 19.2. The van der Waals surface area contributed by atoms with E-state index in [1.165, 1.54) is 0 Å². The Morgan fingerprint density at radius 1 is 0.885 bits per heavy atom. The van der Waals surface area contributed by atoms with Crippen molar-refractivity contribution in [3.05, 3.63) is 65.7 Å². The molecule has 0 aromatic heterocycles. The Balaban J connectivity index is 1.63. The average molecular weight is 354 g/mol. The lowest BCUT2D eigenvalue weighted by Gasteiger charge is -2.07. The summed E-state index contributed by atoms with van der Waals surface area (Å²) in [6.07, 6.45) is 1.70. The molecule has 0 saturated heterocycles. The van der Waals surface area contributed by atoms with Gasteiger partial charge >= 0.3 is 5.97 Å². The van der Waals surface area contributed by atoms with E-state index in [4.69, 9.17) is 5.11 Å². The minimum Gasteiger partial charge on any atom is -0.481 e. The Hall–Kier alpha value is -3.15. The van der Waals surface area contributed by atoms with Gasteiger partial charge in [-0.3, -0.25) is 14.4 Å². The van der Waals surface area contributed by atoms with Gasteiger partial charge in [0.1, 0.15) is 0 Å². The zero-order valence-corrected chi connectivity index (χ0v) is 14.4. The number of amides is 2. The monoisotopic (exact) mass is 354 g/mol. The van der Waals surface area contributed by atoms with Gasteiger partial charge in [-0.15, -0.1) is 0 Å². The molecular weight excluding hydrogens is 332 g/mol. The molecule has 6 nitrogen and oxygen atoms in total. The molecule has 3 N–H and O–H groups in total. The first-order valence-electron chi connectivity index (χ1n) is 8.48. The van der Waals surface area contributed by atoms with Crippen molar-refractivity contribution in [1.82, 2.24) is 5.32 Å². The number of hydrogen-bond acceptors (Lipinski definition) is 3. The molecule has 136 valence electrons. The molecule has 6 heteroatoms. The minimum atomic E-state index is -0.888. The van der Waals surface area contributed by atoms with E-state index in [2.05, 4.69) is 10.6 Å². The maximum atomic E-state index is 11.9. The highest BCUT2D eigenvalue weighted by Crippen LogP contribution is 2.11. The summed E-state index contributed by atoms with van der Waals surface area (Å²) < 4.78 is 0. The maximum Gasteiger partial charge on any atom is 0.307 e. The molecule has 0 heterocycles. The molecular formula is C20H22N2O4. The van der Waals surface area contributed by atoms with Crippen LogP contribution in [-0.2, 0) is 16.0 Å². The predicted octanol–water partition coefficient (Wildman–Crippen LogP) is 2.85. The summed E-state index contributed by atoms with van der Waals surface area (Å²) in [5, 5.41) is 14.3. The first-order valence-corrected chi connectivity index (χ1v) is 8.48. The molecule has 2 amide bonds. The quantitative estimate of drug-likeness (QED) is 0.603. The highest BCUT2D eigenvalue weighted by atomic mass is 16.4. The van der Waals surface area contributed by atoms with Crippen LogP contribution in [0.1, 0.15) is 35.2 Å². The van der Waals surface area contributed by atoms with Gasteiger partial charge < -0.3 is 15.7 Å². The number of rotatable bonds is 9. The Morgan fingerprint density at radius 3 is 2.23 bits per heavy atom. The molecule has 0 aliphatic rings. The van der Waals surface area contributed by atoms with Crippen LogP contribution in [0.25, 0.3) is 0 Å². The Morgan fingerprint density at radius 2 is 1.58 bits per heavy atom. The lowest BCUT2D eigenvalue weighted by Crippen LogP contribution is -2.24. The van der Waals surface area contributed by atoms with Crippen LogP contribution >= 0.6 is 0 Å². The lowest BCUT2D eigenvalue weighted by molar-refractivity contribution is -0.136. The normalized spacial score (nSPS) is 10.2. The fourth-order valence-corrected chi connectivity index (χ4v) is 2.41. The van der Waals surface area contributed by atoms with Crippen LogP contribution in [0.3, 0.4) is 0 Å². The molecule has 26 heavy (non-hydrogen) atoms. The molecule has 2 aromatic rings. The van der Waals surface area contributed by atoms with Gasteiger partial charge in [-0.1, -0.05) is 30.3 Å². The molecule has 2 aromatic carbocycles. The van der Waals surface area contributed by atoms with Crippen molar-refractivity contribution < 1.29 is 19.5 Å². The summed E-state index contributed by atoms with van der Waals surface area (Å²) >= 11 is 0. The van der Waals surface area contributed by atoms with Gasteiger partial charge in [0, 0.05) is 24.2 Å². The van der Waals surface area contributed by atoms with E-state index in [0.717, 1.165) is 0 Å². The summed E-state index contributed by atoms with van der Waals surface area (Å²) in [4.78, 5) is 34.4. The number of carboxylic acid groups (broad SMARTS) is 1. The lowest BCUT2D eigenvalue weighted by atomic mass is 10.1. The number of anilines is 1. The minimum absolute atomic E-state index is 0.0388. The van der Waals surface area contributed by atoms with Gasteiger partial charge in [0.2, 0.25) is 5.91 Å². The predicted molar refractivity (Wildman–Crippen MR) is 99.0 cm³/mol. The van der Waals surface area contributed by atoms with E-state index in [-0.39, 0.29) is 18.2 Å². The van der Waals surface area contributed by atoms with Gasteiger partial charge in [0.25, 0.3) is 5.91 Å². The van der Waals surface area contributed by atoms with Crippen LogP contribution in [0.2, 0.25) is 0 Å². The Kier molecular flexibility index (Phi) is 7.36. The summed E-state index contributed by atoms with van der Waals surface area (Å²) in [5.74, 6) is -1.11. The van der Waals surface area contributed by atoms with Gasteiger partial charge in [0.15, 0.2) is 0 Å². The largest absolute Gasteiger partial charge is 0.481 e. The molecule has 0 atom stereocenters. The van der Waals surface area contributed by atoms with Gasteiger partial charge in [-0.2, -0.15) is 0 Å². The number of unbranched alkanes of at least 4 members (excludes halogenated alkanes) is 1. The van der Waals surface area contributed by atoms with Gasteiger partial charge in [-0.25, -0.2) is 0 Å². The number of hydrogen-bond donors (Lipinski definition) is 3. The van der Waals surface area contributed by atoms with E-state index in [1.54, 1.807) is 36.4 Å². The molecule has 0 saturated carbocycles. The third-order valence-electron chi connectivity index (χ3n) is 3.75. The number of carboxylic acids is 1. The second-order valence-electron chi connectivity index (χ2n) is 5.89. The number of aliphatic carboxylic acids is 1. The van der Waals surface area contributed by atoms with Crippen molar-refractivity contribution in [2.75, 3.05) is 11.9 Å². The van der Waals surface area contributed by atoms with Crippen molar-refractivity contribution in [2.45, 2.75) is 25.7 Å². The Labute approximate surface area is 152 Å². The number of benzene rings is 2. The van der Waals surface area contributed by atoms with Crippen molar-refractivity contribution in [1.29, 1.82) is 0 Å². The Bertz CT molecular complexity index is 742. The van der Waals surface area contributed by atoms with Gasteiger partial charge in [-0.05, 0) is 42.7 Å². The third-order valence-corrected chi connectivity index (χ3v) is 3.75. The molecule has 2 rings (SSSR count). The second-order valence-corrected chi connectivity index (χ2v) is 5.89. The summed E-state index contributed by atoms with van der Waals surface area (Å²) in [6, 6.07) is 15.7. The number of carbonyl (C=O) groups excluding carboxylic acids is 2. The molecule has 0 unspecified atom stereocenters. The fraction of sp³-hybridized carbons (Fsp3) is 0.250. The van der Waals surface area contributed by atoms with Crippen LogP contribution in [0.5, 0.6) is 0 Å². The standard InChI is InChI=1S/C20H22N2O4/c23-18(22-17-11-9-15(10-12-17)14-19(24)25)8-4-5-13-21-20(26)16-6-2-1-3-7-16/h1-3,6-7,9-12H,4-5,8,13-14H2,(H,21,26)(H,22,23)(H,24,25). The topological polar surface area (TPSA) is 95.5 Å². The van der Waals surface area contributed by atoms with Crippen molar-refractivity contribution in [3.63, 3.8) is 0 Å². The van der Waals surface area contributed by atoms with E-state index >= 15 is 0 Å². The van der Waals surface area contributed by atoms with Crippen LogP contribution in [-0.4, -0.2) is 29.4 Å². The number of carbonyl (C=O) groups is 3. The average Bonchev–Trinajstić information content (AvgIpc) is 2.63. The molecule has 0 bridgehead atoms. The summed E-state index contributed by atoms with van der Waals surface area (Å²) in [7, 11) is 0. The fourth-order valence-electron chi connectivity index (χ4n) is 2.41. The molecule has 0 fully saturated rings. The van der Waals surface area contributed by atoms with Crippen molar-refractivity contribution >= 4 is 23.5 Å². The second kappa shape index (κ2) is 9.98.